The van der Waals surface area contributed by atoms with Crippen molar-refractivity contribution < 1.29 is 0 Å². The van der Waals surface area contributed by atoms with E-state index in [1.54, 1.807) is 0 Å². The van der Waals surface area contributed by atoms with Crippen molar-refractivity contribution in [1.29, 1.82) is 0 Å². The number of thiophene rings is 1. The van der Waals surface area contributed by atoms with Crippen LogP contribution in [0.5, 0.6) is 0 Å². The van der Waals surface area contributed by atoms with Crippen molar-refractivity contribution in [2.24, 2.45) is 17.6 Å². The van der Waals surface area contributed by atoms with Crippen LogP contribution in [-0.2, 0) is 6.42 Å². The van der Waals surface area contributed by atoms with Gasteiger partial charge < -0.3 is 5.73 Å². The monoisotopic (exact) mass is 278 g/mol. The molecule has 106 valence electrons. The standard InChI is InChI=1S/C16H26N2S/c1-2-14-7-8-16(19-14)15(9-17)18(10-12-3-4-12)11-13-5-6-13/h7-8,12-13,15H,2-6,9-11,17H2,1H3. The third-order valence-electron chi connectivity index (χ3n) is 4.40. The highest BCUT2D eigenvalue weighted by atomic mass is 32.1. The maximum absolute atomic E-state index is 6.11. The van der Waals surface area contributed by atoms with Gasteiger partial charge in [0.25, 0.3) is 0 Å². The molecular weight excluding hydrogens is 252 g/mol. The molecule has 19 heavy (non-hydrogen) atoms. The van der Waals surface area contributed by atoms with Crippen LogP contribution in [0, 0.1) is 11.8 Å². The van der Waals surface area contributed by atoms with Gasteiger partial charge in [0.1, 0.15) is 0 Å². The number of hydrogen-bond acceptors (Lipinski definition) is 3. The molecule has 2 N–H and O–H groups in total. The van der Waals surface area contributed by atoms with Crippen LogP contribution in [0.4, 0.5) is 0 Å². The van der Waals surface area contributed by atoms with E-state index in [1.807, 2.05) is 11.3 Å². The Kier molecular flexibility index (Phi) is 4.25. The lowest BCUT2D eigenvalue weighted by atomic mass is 10.1. The van der Waals surface area contributed by atoms with E-state index in [-0.39, 0.29) is 0 Å². The highest BCUT2D eigenvalue weighted by Gasteiger charge is 2.33. The van der Waals surface area contributed by atoms with Crippen molar-refractivity contribution in [2.45, 2.75) is 45.1 Å². The summed E-state index contributed by atoms with van der Waals surface area (Å²) in [4.78, 5) is 5.67. The summed E-state index contributed by atoms with van der Waals surface area (Å²) in [6.07, 6.45) is 6.88. The molecule has 2 saturated carbocycles. The fourth-order valence-electron chi connectivity index (χ4n) is 2.80. The van der Waals surface area contributed by atoms with Crippen LogP contribution < -0.4 is 5.73 Å². The maximum Gasteiger partial charge on any atom is 0.0564 e. The summed E-state index contributed by atoms with van der Waals surface area (Å²) in [5.74, 6) is 1.91. The van der Waals surface area contributed by atoms with Gasteiger partial charge in [0.05, 0.1) is 6.04 Å². The molecule has 2 fully saturated rings. The minimum Gasteiger partial charge on any atom is -0.329 e. The van der Waals surface area contributed by atoms with Gasteiger partial charge in [-0.2, -0.15) is 0 Å². The zero-order valence-electron chi connectivity index (χ0n) is 12.0. The van der Waals surface area contributed by atoms with Crippen molar-refractivity contribution >= 4 is 11.3 Å². The van der Waals surface area contributed by atoms with Gasteiger partial charge in [-0.1, -0.05) is 6.92 Å². The Morgan fingerprint density at radius 2 is 1.84 bits per heavy atom. The molecule has 3 heteroatoms. The SMILES string of the molecule is CCc1ccc(C(CN)N(CC2CC2)CC2CC2)s1. The van der Waals surface area contributed by atoms with Crippen LogP contribution in [0.25, 0.3) is 0 Å². The number of nitrogens with zero attached hydrogens (tertiary/aromatic N) is 1. The first kappa shape index (κ1) is 13.6. The molecule has 1 aromatic rings. The summed E-state index contributed by atoms with van der Waals surface area (Å²) in [5.41, 5.74) is 6.11. The minimum absolute atomic E-state index is 0.464. The zero-order chi connectivity index (χ0) is 13.2. The average molecular weight is 278 g/mol. The van der Waals surface area contributed by atoms with Gasteiger partial charge in [-0.3, -0.25) is 4.90 Å². The van der Waals surface area contributed by atoms with E-state index in [2.05, 4.69) is 24.0 Å². The Labute approximate surface area is 121 Å². The summed E-state index contributed by atoms with van der Waals surface area (Å²) in [5, 5.41) is 0. The van der Waals surface area contributed by atoms with Crippen molar-refractivity contribution in [2.75, 3.05) is 19.6 Å². The molecule has 0 spiro atoms. The molecule has 2 aliphatic rings. The number of hydrogen-bond donors (Lipinski definition) is 1. The first-order valence-electron chi connectivity index (χ1n) is 7.82. The molecule has 1 atom stereocenters. The van der Waals surface area contributed by atoms with Gasteiger partial charge in [0.2, 0.25) is 0 Å². The summed E-state index contributed by atoms with van der Waals surface area (Å²) in [6.45, 7) is 5.55. The molecular formula is C16H26N2S. The van der Waals surface area contributed by atoms with E-state index in [4.69, 9.17) is 5.73 Å². The molecule has 0 aromatic carbocycles. The molecule has 2 aliphatic carbocycles. The van der Waals surface area contributed by atoms with E-state index >= 15 is 0 Å². The van der Waals surface area contributed by atoms with Crippen LogP contribution in [0.15, 0.2) is 12.1 Å². The van der Waals surface area contributed by atoms with Gasteiger partial charge in [0.15, 0.2) is 0 Å². The first-order chi connectivity index (χ1) is 9.30. The summed E-state index contributed by atoms with van der Waals surface area (Å²) >= 11 is 1.97. The second kappa shape index (κ2) is 5.94. The van der Waals surface area contributed by atoms with E-state index < -0.39 is 0 Å². The second-order valence-corrected chi connectivity index (χ2v) is 7.45. The van der Waals surface area contributed by atoms with Gasteiger partial charge >= 0.3 is 0 Å². The molecule has 2 nitrogen and oxygen atoms in total. The highest BCUT2D eigenvalue weighted by Crippen LogP contribution is 2.38. The van der Waals surface area contributed by atoms with Gasteiger partial charge in [-0.05, 0) is 56.1 Å². The summed E-state index contributed by atoms with van der Waals surface area (Å²) < 4.78 is 0. The number of rotatable bonds is 8. The van der Waals surface area contributed by atoms with E-state index in [1.165, 1.54) is 48.5 Å². The topological polar surface area (TPSA) is 29.3 Å². The molecule has 1 heterocycles. The van der Waals surface area contributed by atoms with Crippen LogP contribution >= 0.6 is 11.3 Å². The van der Waals surface area contributed by atoms with Crippen molar-refractivity contribution in [3.8, 4) is 0 Å². The van der Waals surface area contributed by atoms with Crippen molar-refractivity contribution in [1.82, 2.24) is 4.90 Å². The van der Waals surface area contributed by atoms with Gasteiger partial charge in [-0.25, -0.2) is 0 Å². The maximum atomic E-state index is 6.11. The fraction of sp³-hybridized carbons (Fsp3) is 0.750. The number of nitrogens with two attached hydrogens (primary N) is 1. The molecule has 0 bridgehead atoms. The van der Waals surface area contributed by atoms with Crippen LogP contribution in [0.3, 0.4) is 0 Å². The summed E-state index contributed by atoms with van der Waals surface area (Å²) in [7, 11) is 0. The van der Waals surface area contributed by atoms with Gasteiger partial charge in [-0.15, -0.1) is 11.3 Å². The third kappa shape index (κ3) is 3.59. The Bertz CT molecular complexity index is 393. The minimum atomic E-state index is 0.464. The molecule has 1 aromatic heterocycles. The van der Waals surface area contributed by atoms with Crippen LogP contribution in [-0.4, -0.2) is 24.5 Å². The van der Waals surface area contributed by atoms with Crippen LogP contribution in [0.2, 0.25) is 0 Å². The largest absolute Gasteiger partial charge is 0.329 e. The predicted octanol–water partition coefficient (Wildman–Crippen LogP) is 3.43. The van der Waals surface area contributed by atoms with Crippen molar-refractivity contribution in [3.63, 3.8) is 0 Å². The normalized spacial score (nSPS) is 21.0. The van der Waals surface area contributed by atoms with E-state index in [0.29, 0.717) is 6.04 Å². The smallest absolute Gasteiger partial charge is 0.0564 e. The molecule has 3 rings (SSSR count). The average Bonchev–Trinajstić information content (AvgIpc) is 3.33. The molecule has 0 aliphatic heterocycles. The lowest BCUT2D eigenvalue weighted by molar-refractivity contribution is 0.187. The quantitative estimate of drug-likeness (QED) is 0.789. The Hall–Kier alpha value is -0.380. The zero-order valence-corrected chi connectivity index (χ0v) is 12.8. The van der Waals surface area contributed by atoms with E-state index in [9.17, 15) is 0 Å². The van der Waals surface area contributed by atoms with Crippen LogP contribution in [0.1, 0.15) is 48.4 Å². The van der Waals surface area contributed by atoms with Crippen molar-refractivity contribution in [3.05, 3.63) is 21.9 Å². The molecule has 1 unspecified atom stereocenters. The summed E-state index contributed by atoms with van der Waals surface area (Å²) in [6, 6.07) is 5.06. The Morgan fingerprint density at radius 3 is 2.26 bits per heavy atom. The second-order valence-electron chi connectivity index (χ2n) is 6.25. The fourth-order valence-corrected chi connectivity index (χ4v) is 3.90. The lowest BCUT2D eigenvalue weighted by Gasteiger charge is -2.30. The molecule has 0 radical (unpaired) electrons. The lowest BCUT2D eigenvalue weighted by Crippen LogP contribution is -2.36. The van der Waals surface area contributed by atoms with E-state index in [0.717, 1.165) is 24.8 Å². The number of aryl methyl sites for hydroxylation is 1. The Balaban J connectivity index is 1.71. The third-order valence-corrected chi connectivity index (χ3v) is 5.73. The van der Waals surface area contributed by atoms with Gasteiger partial charge in [0, 0.05) is 29.4 Å². The molecule has 0 amide bonds. The molecule has 0 saturated heterocycles. The predicted molar refractivity (Wildman–Crippen MR) is 82.5 cm³/mol. The Morgan fingerprint density at radius 1 is 1.21 bits per heavy atom. The first-order valence-corrected chi connectivity index (χ1v) is 8.64. The highest BCUT2D eigenvalue weighted by molar-refractivity contribution is 7.12.